The molecule has 0 aliphatic carbocycles. The summed E-state index contributed by atoms with van der Waals surface area (Å²) in [5, 5.41) is 12.4. The number of hydrogen-bond acceptors (Lipinski definition) is 3. The van der Waals surface area contributed by atoms with Crippen molar-refractivity contribution in [1.29, 1.82) is 0 Å². The highest BCUT2D eigenvalue weighted by atomic mass is 35.5. The summed E-state index contributed by atoms with van der Waals surface area (Å²) < 4.78 is 1.72. The first-order chi connectivity index (χ1) is 11.4. The average Bonchev–Trinajstić information content (AvgIpc) is 2.96. The number of carbonyl (C=O) groups excluding carboxylic acids is 1. The normalized spacial score (nSPS) is 12.1. The van der Waals surface area contributed by atoms with E-state index in [4.69, 9.17) is 11.6 Å². The lowest BCUT2D eigenvalue weighted by molar-refractivity contribution is -0.139. The Morgan fingerprint density at radius 2 is 1.88 bits per heavy atom. The molecule has 1 atom stereocenters. The molecule has 0 aliphatic heterocycles. The van der Waals surface area contributed by atoms with Gasteiger partial charge >= 0.3 is 5.97 Å². The summed E-state index contributed by atoms with van der Waals surface area (Å²) in [7, 11) is 0. The van der Waals surface area contributed by atoms with Gasteiger partial charge in [0.2, 0.25) is 0 Å². The molecule has 122 valence electrons. The van der Waals surface area contributed by atoms with Crippen molar-refractivity contribution in [2.75, 3.05) is 0 Å². The summed E-state index contributed by atoms with van der Waals surface area (Å²) >= 11 is 5.81. The van der Waals surface area contributed by atoms with Gasteiger partial charge in [0, 0.05) is 17.4 Å². The highest BCUT2D eigenvalue weighted by Gasteiger charge is 2.23. The third kappa shape index (κ3) is 3.23. The number of carboxylic acid groups (broad SMARTS) is 1. The van der Waals surface area contributed by atoms with Crippen LogP contribution in [0.15, 0.2) is 48.8 Å². The molecule has 6 nitrogen and oxygen atoms in total. The predicted octanol–water partition coefficient (Wildman–Crippen LogP) is 2.85. The van der Waals surface area contributed by atoms with E-state index in [0.717, 1.165) is 5.56 Å². The summed E-state index contributed by atoms with van der Waals surface area (Å²) in [5.74, 6) is -1.72. The van der Waals surface area contributed by atoms with Gasteiger partial charge in [-0.1, -0.05) is 29.8 Å². The molecule has 2 N–H and O–H groups in total. The Morgan fingerprint density at radius 1 is 1.17 bits per heavy atom. The van der Waals surface area contributed by atoms with Crippen LogP contribution in [-0.4, -0.2) is 26.4 Å². The highest BCUT2D eigenvalue weighted by molar-refractivity contribution is 6.30. The molecule has 0 saturated carbocycles. The number of hydrogen-bond donors (Lipinski definition) is 2. The first-order valence-corrected chi connectivity index (χ1v) is 7.56. The fraction of sp³-hybridized carbons (Fsp3) is 0.118. The number of nitrogens with one attached hydrogen (secondary N) is 1. The zero-order chi connectivity index (χ0) is 17.3. The fourth-order valence-corrected chi connectivity index (χ4v) is 2.49. The molecule has 3 rings (SSSR count). The van der Waals surface area contributed by atoms with Gasteiger partial charge in [0.1, 0.15) is 11.3 Å². The number of nitrogens with zero attached hydrogens (tertiary/aromatic N) is 2. The van der Waals surface area contributed by atoms with E-state index in [-0.39, 0.29) is 5.69 Å². The molecule has 0 spiro atoms. The van der Waals surface area contributed by atoms with E-state index in [1.165, 1.54) is 0 Å². The Bertz CT molecular complexity index is 918. The van der Waals surface area contributed by atoms with Crippen molar-refractivity contribution >= 4 is 29.1 Å². The van der Waals surface area contributed by atoms with Crippen LogP contribution in [0, 0.1) is 6.92 Å². The van der Waals surface area contributed by atoms with Gasteiger partial charge in [-0.05, 0) is 36.2 Å². The van der Waals surface area contributed by atoms with Crippen LogP contribution in [0.1, 0.15) is 27.7 Å². The van der Waals surface area contributed by atoms with E-state index in [9.17, 15) is 14.7 Å². The van der Waals surface area contributed by atoms with Crippen molar-refractivity contribution < 1.29 is 14.7 Å². The van der Waals surface area contributed by atoms with Crippen molar-refractivity contribution in [2.45, 2.75) is 13.0 Å². The van der Waals surface area contributed by atoms with E-state index < -0.39 is 17.9 Å². The molecule has 0 aliphatic rings. The second kappa shape index (κ2) is 6.33. The Balaban J connectivity index is 1.87. The molecular formula is C17H14ClN3O3. The lowest BCUT2D eigenvalue weighted by atomic mass is 10.1. The predicted molar refractivity (Wildman–Crippen MR) is 89.2 cm³/mol. The van der Waals surface area contributed by atoms with Gasteiger partial charge in [-0.25, -0.2) is 9.78 Å². The van der Waals surface area contributed by atoms with Crippen LogP contribution in [0.25, 0.3) is 5.65 Å². The van der Waals surface area contributed by atoms with Crippen LogP contribution in [-0.2, 0) is 4.79 Å². The van der Waals surface area contributed by atoms with E-state index in [1.807, 2.05) is 19.2 Å². The van der Waals surface area contributed by atoms with E-state index in [2.05, 4.69) is 10.3 Å². The molecule has 0 bridgehead atoms. The molecule has 24 heavy (non-hydrogen) atoms. The van der Waals surface area contributed by atoms with Crippen molar-refractivity contribution in [3.05, 3.63) is 70.6 Å². The molecule has 3 aromatic rings. The van der Waals surface area contributed by atoms with Gasteiger partial charge in [0.05, 0.1) is 0 Å². The molecule has 0 saturated heterocycles. The lowest BCUT2D eigenvalue weighted by Gasteiger charge is -2.14. The van der Waals surface area contributed by atoms with Gasteiger partial charge in [0.25, 0.3) is 5.91 Å². The van der Waals surface area contributed by atoms with Crippen molar-refractivity contribution in [2.24, 2.45) is 0 Å². The number of amides is 1. The number of aliphatic carboxylic acids is 1. The first kappa shape index (κ1) is 16.0. The van der Waals surface area contributed by atoms with Gasteiger partial charge in [-0.2, -0.15) is 0 Å². The lowest BCUT2D eigenvalue weighted by Crippen LogP contribution is -2.33. The summed E-state index contributed by atoms with van der Waals surface area (Å²) in [4.78, 5) is 28.1. The third-order valence-electron chi connectivity index (χ3n) is 3.56. The molecule has 2 aromatic heterocycles. The van der Waals surface area contributed by atoms with Crippen LogP contribution in [0.3, 0.4) is 0 Å². The Kier molecular flexibility index (Phi) is 4.22. The van der Waals surface area contributed by atoms with Gasteiger partial charge in [0.15, 0.2) is 6.04 Å². The van der Waals surface area contributed by atoms with Crippen LogP contribution >= 0.6 is 11.6 Å². The number of fused-ring (bicyclic) bond motifs is 1. The van der Waals surface area contributed by atoms with Crippen LogP contribution in [0.4, 0.5) is 0 Å². The van der Waals surface area contributed by atoms with Crippen molar-refractivity contribution in [1.82, 2.24) is 14.7 Å². The smallest absolute Gasteiger partial charge is 0.330 e. The maximum absolute atomic E-state index is 12.4. The Labute approximate surface area is 142 Å². The number of imidazole rings is 1. The SMILES string of the molecule is Cc1ccc2nc(C(=O)N[C@H](C(=O)O)c3ccc(Cl)cc3)cn2c1. The molecular weight excluding hydrogens is 330 g/mol. The number of pyridine rings is 1. The molecule has 2 heterocycles. The van der Waals surface area contributed by atoms with Crippen LogP contribution in [0.5, 0.6) is 0 Å². The molecule has 0 radical (unpaired) electrons. The second-order valence-corrected chi connectivity index (χ2v) is 5.83. The molecule has 7 heteroatoms. The number of carbonyl (C=O) groups is 2. The Hall–Kier alpha value is -2.86. The van der Waals surface area contributed by atoms with Crippen LogP contribution in [0.2, 0.25) is 5.02 Å². The fourth-order valence-electron chi connectivity index (χ4n) is 2.36. The van der Waals surface area contributed by atoms with E-state index in [1.54, 1.807) is 40.9 Å². The second-order valence-electron chi connectivity index (χ2n) is 5.39. The van der Waals surface area contributed by atoms with Gasteiger partial charge < -0.3 is 14.8 Å². The minimum Gasteiger partial charge on any atom is -0.479 e. The minimum atomic E-state index is -1.18. The Morgan fingerprint density at radius 3 is 2.54 bits per heavy atom. The topological polar surface area (TPSA) is 83.7 Å². The largest absolute Gasteiger partial charge is 0.479 e. The number of aromatic nitrogens is 2. The number of rotatable bonds is 4. The molecule has 0 unspecified atom stereocenters. The van der Waals surface area contributed by atoms with E-state index >= 15 is 0 Å². The summed E-state index contributed by atoms with van der Waals surface area (Å²) in [5.41, 5.74) is 2.22. The van der Waals surface area contributed by atoms with Crippen molar-refractivity contribution in [3.8, 4) is 0 Å². The number of aryl methyl sites for hydroxylation is 1. The van der Waals surface area contributed by atoms with Gasteiger partial charge in [-0.15, -0.1) is 0 Å². The third-order valence-corrected chi connectivity index (χ3v) is 3.81. The first-order valence-electron chi connectivity index (χ1n) is 7.18. The summed E-state index contributed by atoms with van der Waals surface area (Å²) in [6.45, 7) is 1.93. The zero-order valence-corrected chi connectivity index (χ0v) is 13.5. The molecule has 1 aromatic carbocycles. The summed E-state index contributed by atoms with van der Waals surface area (Å²) in [6.07, 6.45) is 3.41. The number of halogens is 1. The highest BCUT2D eigenvalue weighted by Crippen LogP contribution is 2.18. The van der Waals surface area contributed by atoms with Gasteiger partial charge in [-0.3, -0.25) is 4.79 Å². The maximum Gasteiger partial charge on any atom is 0.330 e. The maximum atomic E-state index is 12.4. The monoisotopic (exact) mass is 343 g/mol. The standard InChI is InChI=1S/C17H14ClN3O3/c1-10-2-7-14-19-13(9-21(14)8-10)16(22)20-15(17(23)24)11-3-5-12(18)6-4-11/h2-9,15H,1H3,(H,20,22)(H,23,24)/t15-/m0/s1. The summed E-state index contributed by atoms with van der Waals surface area (Å²) in [6, 6.07) is 8.78. The average molecular weight is 344 g/mol. The number of carboxylic acids is 1. The quantitative estimate of drug-likeness (QED) is 0.763. The van der Waals surface area contributed by atoms with Crippen LogP contribution < -0.4 is 5.32 Å². The van der Waals surface area contributed by atoms with E-state index in [0.29, 0.717) is 16.2 Å². The minimum absolute atomic E-state index is 0.154. The van der Waals surface area contributed by atoms with Crippen molar-refractivity contribution in [3.63, 3.8) is 0 Å². The number of benzene rings is 1. The zero-order valence-electron chi connectivity index (χ0n) is 12.7. The molecule has 0 fully saturated rings. The molecule has 1 amide bonds.